The molecule has 1 atom stereocenters. The fraction of sp³-hybridized carbons (Fsp3) is 0.375. The Kier molecular flexibility index (Phi) is 5.42. The molecule has 1 amide bonds. The highest BCUT2D eigenvalue weighted by Gasteiger charge is 2.25. The van der Waals surface area contributed by atoms with Gasteiger partial charge in [-0.25, -0.2) is 9.97 Å². The van der Waals surface area contributed by atoms with Crippen molar-refractivity contribution in [1.29, 1.82) is 0 Å². The third kappa shape index (κ3) is 4.66. The van der Waals surface area contributed by atoms with E-state index >= 15 is 0 Å². The number of amides is 1. The molecule has 3 rings (SSSR count). The first-order chi connectivity index (χ1) is 11.3. The molecule has 6 nitrogen and oxygen atoms in total. The molecule has 1 aliphatic rings. The molecule has 0 bridgehead atoms. The molecule has 0 N–H and O–H groups in total. The van der Waals surface area contributed by atoms with Gasteiger partial charge in [0.25, 0.3) is 0 Å². The Labute approximate surface area is 139 Å². The Hall–Kier alpha value is -2.15. The summed E-state index contributed by atoms with van der Waals surface area (Å²) in [5, 5.41) is 0. The minimum absolute atomic E-state index is 0.0407. The standard InChI is InChI=1S/C16H18N4O2S/c21-15(12-23-14-4-8-17-9-5-14)20-10-1-3-13(11-20)22-16-18-6-2-7-19-16/h2,4-9,13H,1,3,10-12H2/t13-/m0/s1. The summed E-state index contributed by atoms with van der Waals surface area (Å²) in [6.07, 6.45) is 8.58. The van der Waals surface area contributed by atoms with Gasteiger partial charge in [-0.1, -0.05) is 0 Å². The molecule has 0 radical (unpaired) electrons. The van der Waals surface area contributed by atoms with Crippen molar-refractivity contribution < 1.29 is 9.53 Å². The van der Waals surface area contributed by atoms with Crippen molar-refractivity contribution in [3.8, 4) is 6.01 Å². The minimum Gasteiger partial charge on any atom is -0.458 e. The fourth-order valence-electron chi connectivity index (χ4n) is 2.43. The monoisotopic (exact) mass is 330 g/mol. The normalized spacial score (nSPS) is 17.7. The number of carbonyl (C=O) groups excluding carboxylic acids is 1. The fourth-order valence-corrected chi connectivity index (χ4v) is 3.21. The van der Waals surface area contributed by atoms with Crippen LogP contribution in [0.4, 0.5) is 0 Å². The van der Waals surface area contributed by atoms with Gasteiger partial charge in [-0.2, -0.15) is 0 Å². The van der Waals surface area contributed by atoms with Crippen molar-refractivity contribution >= 4 is 17.7 Å². The zero-order valence-electron chi connectivity index (χ0n) is 12.7. The van der Waals surface area contributed by atoms with Crippen LogP contribution in [-0.2, 0) is 4.79 Å². The quantitative estimate of drug-likeness (QED) is 0.782. The van der Waals surface area contributed by atoms with E-state index in [4.69, 9.17) is 4.74 Å². The summed E-state index contributed by atoms with van der Waals surface area (Å²) in [6.45, 7) is 1.37. The second-order valence-corrected chi connectivity index (χ2v) is 6.27. The van der Waals surface area contributed by atoms with Crippen molar-refractivity contribution in [2.45, 2.75) is 23.8 Å². The SMILES string of the molecule is O=C(CSc1ccncc1)N1CCC[C@H](Oc2ncccn2)C1. The van der Waals surface area contributed by atoms with Gasteiger partial charge in [-0.15, -0.1) is 11.8 Å². The zero-order chi connectivity index (χ0) is 15.9. The maximum atomic E-state index is 12.4. The molecule has 1 aliphatic heterocycles. The molecular formula is C16H18N4O2S. The molecule has 0 unspecified atom stereocenters. The average Bonchev–Trinajstić information content (AvgIpc) is 2.62. The number of likely N-dealkylation sites (tertiary alicyclic amines) is 1. The maximum Gasteiger partial charge on any atom is 0.316 e. The molecule has 0 aliphatic carbocycles. The van der Waals surface area contributed by atoms with E-state index in [1.54, 1.807) is 30.9 Å². The molecule has 120 valence electrons. The highest BCUT2D eigenvalue weighted by atomic mass is 32.2. The lowest BCUT2D eigenvalue weighted by Crippen LogP contribution is -2.45. The maximum absolute atomic E-state index is 12.4. The van der Waals surface area contributed by atoms with Crippen molar-refractivity contribution in [2.75, 3.05) is 18.8 Å². The molecule has 7 heteroatoms. The molecule has 1 saturated heterocycles. The number of hydrogen-bond acceptors (Lipinski definition) is 6. The van der Waals surface area contributed by atoms with Gasteiger partial charge in [0.05, 0.1) is 12.3 Å². The largest absolute Gasteiger partial charge is 0.458 e. The smallest absolute Gasteiger partial charge is 0.316 e. The van der Waals surface area contributed by atoms with Crippen molar-refractivity contribution in [3.05, 3.63) is 43.0 Å². The number of ether oxygens (including phenoxy) is 1. The Bertz CT molecular complexity index is 626. The summed E-state index contributed by atoms with van der Waals surface area (Å²) in [4.78, 5) is 27.4. The number of thioether (sulfide) groups is 1. The molecule has 1 fully saturated rings. The van der Waals surface area contributed by atoms with E-state index in [1.807, 2.05) is 17.0 Å². The molecule has 0 saturated carbocycles. The van der Waals surface area contributed by atoms with Crippen LogP contribution < -0.4 is 4.74 Å². The van der Waals surface area contributed by atoms with Gasteiger partial charge in [0, 0.05) is 36.2 Å². The van der Waals surface area contributed by atoms with Gasteiger partial charge < -0.3 is 9.64 Å². The molecule has 0 spiro atoms. The first-order valence-corrected chi connectivity index (χ1v) is 8.54. The van der Waals surface area contributed by atoms with Crippen LogP contribution in [0.2, 0.25) is 0 Å². The third-order valence-electron chi connectivity index (χ3n) is 3.56. The van der Waals surface area contributed by atoms with Gasteiger partial charge in [-0.3, -0.25) is 9.78 Å². The van der Waals surface area contributed by atoms with E-state index in [-0.39, 0.29) is 12.0 Å². The highest BCUT2D eigenvalue weighted by molar-refractivity contribution is 8.00. The van der Waals surface area contributed by atoms with Crippen LogP contribution in [0, 0.1) is 0 Å². The summed E-state index contributed by atoms with van der Waals surface area (Å²) in [5.41, 5.74) is 0. The lowest BCUT2D eigenvalue weighted by atomic mass is 10.1. The van der Waals surface area contributed by atoms with Crippen LogP contribution >= 0.6 is 11.8 Å². The molecule has 2 aromatic rings. The molecule has 0 aromatic carbocycles. The third-order valence-corrected chi connectivity index (χ3v) is 4.55. The number of piperidine rings is 1. The van der Waals surface area contributed by atoms with Gasteiger partial charge >= 0.3 is 6.01 Å². The van der Waals surface area contributed by atoms with E-state index in [9.17, 15) is 4.79 Å². The summed E-state index contributed by atoms with van der Waals surface area (Å²) < 4.78 is 5.77. The average molecular weight is 330 g/mol. The minimum atomic E-state index is -0.0407. The molecule has 2 aromatic heterocycles. The van der Waals surface area contributed by atoms with E-state index in [0.717, 1.165) is 24.3 Å². The van der Waals surface area contributed by atoms with E-state index < -0.39 is 0 Å². The summed E-state index contributed by atoms with van der Waals surface area (Å²) in [6, 6.07) is 5.94. The number of rotatable bonds is 5. The number of carbonyl (C=O) groups is 1. The molecule has 3 heterocycles. The van der Waals surface area contributed by atoms with Crippen LogP contribution in [0.15, 0.2) is 47.9 Å². The summed E-state index contributed by atoms with van der Waals surface area (Å²) in [5.74, 6) is 0.563. The number of pyridine rings is 1. The number of nitrogens with zero attached hydrogens (tertiary/aromatic N) is 4. The number of hydrogen-bond donors (Lipinski definition) is 0. The van der Waals surface area contributed by atoms with E-state index in [0.29, 0.717) is 18.3 Å². The molecule has 23 heavy (non-hydrogen) atoms. The Morgan fingerprint density at radius 3 is 2.83 bits per heavy atom. The van der Waals surface area contributed by atoms with Crippen molar-refractivity contribution in [1.82, 2.24) is 19.9 Å². The van der Waals surface area contributed by atoms with Crippen LogP contribution in [0.5, 0.6) is 6.01 Å². The summed E-state index contributed by atoms with van der Waals surface area (Å²) in [7, 11) is 0. The van der Waals surface area contributed by atoms with Crippen LogP contribution in [0.3, 0.4) is 0 Å². The van der Waals surface area contributed by atoms with Gasteiger partial charge in [0.15, 0.2) is 0 Å². The second-order valence-electron chi connectivity index (χ2n) is 5.22. The van der Waals surface area contributed by atoms with Gasteiger partial charge in [-0.05, 0) is 31.0 Å². The first kappa shape index (κ1) is 15.7. The predicted octanol–water partition coefficient (Wildman–Crippen LogP) is 2.03. The summed E-state index contributed by atoms with van der Waals surface area (Å²) >= 11 is 1.53. The zero-order valence-corrected chi connectivity index (χ0v) is 13.5. The second kappa shape index (κ2) is 7.92. The Balaban J connectivity index is 1.50. The predicted molar refractivity (Wildman–Crippen MR) is 87.2 cm³/mol. The highest BCUT2D eigenvalue weighted by Crippen LogP contribution is 2.19. The topological polar surface area (TPSA) is 68.2 Å². The van der Waals surface area contributed by atoms with Crippen molar-refractivity contribution in [3.63, 3.8) is 0 Å². The van der Waals surface area contributed by atoms with Crippen LogP contribution in [0.25, 0.3) is 0 Å². The Morgan fingerprint density at radius 2 is 2.04 bits per heavy atom. The van der Waals surface area contributed by atoms with E-state index in [2.05, 4.69) is 15.0 Å². The number of aromatic nitrogens is 3. The molecular weight excluding hydrogens is 312 g/mol. The van der Waals surface area contributed by atoms with Gasteiger partial charge in [0.2, 0.25) is 5.91 Å². The lowest BCUT2D eigenvalue weighted by Gasteiger charge is -2.32. The first-order valence-electron chi connectivity index (χ1n) is 7.55. The van der Waals surface area contributed by atoms with E-state index in [1.165, 1.54) is 11.8 Å². The van der Waals surface area contributed by atoms with Crippen LogP contribution in [-0.4, -0.2) is 50.7 Å². The lowest BCUT2D eigenvalue weighted by molar-refractivity contribution is -0.131. The van der Waals surface area contributed by atoms with Gasteiger partial charge in [0.1, 0.15) is 6.10 Å². The van der Waals surface area contributed by atoms with Crippen molar-refractivity contribution in [2.24, 2.45) is 0 Å². The van der Waals surface area contributed by atoms with Crippen LogP contribution in [0.1, 0.15) is 12.8 Å². The Morgan fingerprint density at radius 1 is 1.26 bits per heavy atom.